The molecule has 0 atom stereocenters. The zero-order valence-electron chi connectivity index (χ0n) is 11.7. The predicted molar refractivity (Wildman–Crippen MR) is 73.8 cm³/mol. The molecule has 1 aliphatic heterocycles. The molecule has 1 N–H and O–H groups in total. The van der Waals surface area contributed by atoms with E-state index in [4.69, 9.17) is 4.52 Å². The minimum absolute atomic E-state index is 0.0713. The van der Waals surface area contributed by atoms with Crippen LogP contribution in [0.4, 0.5) is 5.82 Å². The molecule has 2 aromatic rings. The normalized spacial score (nSPS) is 17.0. The van der Waals surface area contributed by atoms with E-state index in [1.54, 1.807) is 0 Å². The largest absolute Gasteiger partial charge is 0.339 e. The summed E-state index contributed by atoms with van der Waals surface area (Å²) < 4.78 is 7.11. The molecular weight excluding hydrogens is 270 g/mol. The number of amides is 1. The lowest BCUT2D eigenvalue weighted by Crippen LogP contribution is -2.13. The molecule has 1 aliphatic carbocycles. The highest BCUT2D eigenvalue weighted by Crippen LogP contribution is 2.38. The Morgan fingerprint density at radius 3 is 3.19 bits per heavy atom. The first kappa shape index (κ1) is 12.6. The van der Waals surface area contributed by atoms with Crippen LogP contribution in [0.5, 0.6) is 0 Å². The van der Waals surface area contributed by atoms with Crippen LogP contribution in [-0.4, -0.2) is 25.8 Å². The maximum Gasteiger partial charge on any atom is 0.227 e. The lowest BCUT2D eigenvalue weighted by Gasteiger charge is -2.00. The van der Waals surface area contributed by atoms with Crippen molar-refractivity contribution in [2.24, 2.45) is 0 Å². The van der Waals surface area contributed by atoms with Crippen molar-refractivity contribution in [3.63, 3.8) is 0 Å². The Kier molecular flexibility index (Phi) is 2.98. The quantitative estimate of drug-likeness (QED) is 0.903. The monoisotopic (exact) mass is 287 g/mol. The lowest BCUT2D eigenvalue weighted by molar-refractivity contribution is -0.116. The van der Waals surface area contributed by atoms with Crippen LogP contribution in [0.15, 0.2) is 10.6 Å². The number of anilines is 1. The van der Waals surface area contributed by atoms with Gasteiger partial charge in [-0.2, -0.15) is 10.1 Å². The van der Waals surface area contributed by atoms with Gasteiger partial charge in [0.25, 0.3) is 0 Å². The summed E-state index contributed by atoms with van der Waals surface area (Å²) >= 11 is 0. The third-order valence-electron chi connectivity index (χ3n) is 3.93. The van der Waals surface area contributed by atoms with Crippen molar-refractivity contribution >= 4 is 11.7 Å². The molecule has 0 saturated heterocycles. The summed E-state index contributed by atoms with van der Waals surface area (Å²) in [6, 6.07) is 1.95. The van der Waals surface area contributed by atoms with E-state index in [9.17, 15) is 4.79 Å². The third-order valence-corrected chi connectivity index (χ3v) is 3.93. The molecule has 7 nitrogen and oxygen atoms in total. The zero-order valence-corrected chi connectivity index (χ0v) is 11.7. The molecule has 1 amide bonds. The van der Waals surface area contributed by atoms with Crippen molar-refractivity contribution in [3.05, 3.63) is 23.5 Å². The first-order chi connectivity index (χ1) is 10.3. The standard InChI is InChI=1S/C14H17N5O2/c20-12(15-11-8-10-2-1-7-19(10)17-11)5-6-13-16-14(18-21-13)9-3-4-9/h8-9H,1-7H2,(H,15,17,20). The van der Waals surface area contributed by atoms with E-state index in [2.05, 4.69) is 20.6 Å². The third kappa shape index (κ3) is 2.68. The minimum Gasteiger partial charge on any atom is -0.339 e. The molecule has 3 heterocycles. The molecular formula is C14H17N5O2. The van der Waals surface area contributed by atoms with E-state index < -0.39 is 0 Å². The molecule has 2 aromatic heterocycles. The number of hydrogen-bond acceptors (Lipinski definition) is 5. The average molecular weight is 287 g/mol. The van der Waals surface area contributed by atoms with Crippen LogP contribution in [0.1, 0.15) is 49.0 Å². The first-order valence-corrected chi connectivity index (χ1v) is 7.47. The molecule has 1 saturated carbocycles. The van der Waals surface area contributed by atoms with E-state index in [-0.39, 0.29) is 5.91 Å². The van der Waals surface area contributed by atoms with Gasteiger partial charge in [0.15, 0.2) is 11.6 Å². The SMILES string of the molecule is O=C(CCc1nc(C2CC2)no1)Nc1cc2n(n1)CCC2. The van der Waals surface area contributed by atoms with Crippen LogP contribution >= 0.6 is 0 Å². The Hall–Kier alpha value is -2.18. The number of fused-ring (bicyclic) bond motifs is 1. The maximum atomic E-state index is 11.9. The smallest absolute Gasteiger partial charge is 0.227 e. The van der Waals surface area contributed by atoms with Crippen LogP contribution in [-0.2, 0) is 24.2 Å². The summed E-state index contributed by atoms with van der Waals surface area (Å²) in [7, 11) is 0. The van der Waals surface area contributed by atoms with Gasteiger partial charge in [0, 0.05) is 37.1 Å². The molecule has 0 unspecified atom stereocenters. The van der Waals surface area contributed by atoms with Gasteiger partial charge < -0.3 is 9.84 Å². The Labute approximate surface area is 121 Å². The van der Waals surface area contributed by atoms with Gasteiger partial charge in [-0.25, -0.2) is 0 Å². The molecule has 0 spiro atoms. The fourth-order valence-corrected chi connectivity index (χ4v) is 2.62. The first-order valence-electron chi connectivity index (χ1n) is 7.47. The number of nitrogens with one attached hydrogen (secondary N) is 1. The van der Waals surface area contributed by atoms with Crippen LogP contribution < -0.4 is 5.32 Å². The van der Waals surface area contributed by atoms with Crippen molar-refractivity contribution in [3.8, 4) is 0 Å². The molecule has 2 aliphatic rings. The van der Waals surface area contributed by atoms with E-state index >= 15 is 0 Å². The molecule has 4 rings (SSSR count). The van der Waals surface area contributed by atoms with Crippen LogP contribution in [0.2, 0.25) is 0 Å². The summed E-state index contributed by atoms with van der Waals surface area (Å²) in [6.45, 7) is 0.942. The number of hydrogen-bond donors (Lipinski definition) is 1. The number of aromatic nitrogens is 4. The van der Waals surface area contributed by atoms with Gasteiger partial charge in [0.2, 0.25) is 11.8 Å². The summed E-state index contributed by atoms with van der Waals surface area (Å²) in [5.41, 5.74) is 1.19. The Bertz CT molecular complexity index is 649. The second-order valence-corrected chi connectivity index (χ2v) is 5.72. The van der Waals surface area contributed by atoms with Gasteiger partial charge in [0.1, 0.15) is 0 Å². The molecule has 110 valence electrons. The lowest BCUT2D eigenvalue weighted by atomic mass is 10.3. The van der Waals surface area contributed by atoms with Gasteiger partial charge in [-0.05, 0) is 25.7 Å². The van der Waals surface area contributed by atoms with Crippen molar-refractivity contribution in [2.45, 2.75) is 51.0 Å². The van der Waals surface area contributed by atoms with Crippen molar-refractivity contribution in [1.29, 1.82) is 0 Å². The van der Waals surface area contributed by atoms with E-state index in [1.807, 2.05) is 10.7 Å². The molecule has 0 bridgehead atoms. The van der Waals surface area contributed by atoms with Gasteiger partial charge in [-0.1, -0.05) is 5.16 Å². The number of nitrogens with zero attached hydrogens (tertiary/aromatic N) is 4. The van der Waals surface area contributed by atoms with Gasteiger partial charge >= 0.3 is 0 Å². The van der Waals surface area contributed by atoms with Crippen LogP contribution in [0.3, 0.4) is 0 Å². The molecule has 7 heteroatoms. The van der Waals surface area contributed by atoms with E-state index in [0.717, 1.165) is 38.1 Å². The molecule has 0 aromatic carbocycles. The summed E-state index contributed by atoms with van der Waals surface area (Å²) in [6.07, 6.45) is 5.26. The highest BCUT2D eigenvalue weighted by molar-refractivity contribution is 5.89. The van der Waals surface area contributed by atoms with Gasteiger partial charge in [0.05, 0.1) is 0 Å². The summed E-state index contributed by atoms with van der Waals surface area (Å²) in [5.74, 6) is 2.37. The summed E-state index contributed by atoms with van der Waals surface area (Å²) in [4.78, 5) is 16.2. The Balaban J connectivity index is 1.30. The Morgan fingerprint density at radius 1 is 1.48 bits per heavy atom. The molecule has 21 heavy (non-hydrogen) atoms. The Morgan fingerprint density at radius 2 is 2.38 bits per heavy atom. The highest BCUT2D eigenvalue weighted by Gasteiger charge is 2.28. The van der Waals surface area contributed by atoms with Crippen LogP contribution in [0.25, 0.3) is 0 Å². The molecule has 1 fully saturated rings. The van der Waals surface area contributed by atoms with E-state index in [0.29, 0.717) is 30.5 Å². The summed E-state index contributed by atoms with van der Waals surface area (Å²) in [5, 5.41) is 11.1. The zero-order chi connectivity index (χ0) is 14.2. The predicted octanol–water partition coefficient (Wildman–Crippen LogP) is 1.66. The van der Waals surface area contributed by atoms with Crippen molar-refractivity contribution in [1.82, 2.24) is 19.9 Å². The van der Waals surface area contributed by atoms with Crippen LogP contribution in [0, 0.1) is 0 Å². The highest BCUT2D eigenvalue weighted by atomic mass is 16.5. The van der Waals surface area contributed by atoms with Gasteiger partial charge in [-0.3, -0.25) is 9.48 Å². The number of carbonyl (C=O) groups is 1. The van der Waals surface area contributed by atoms with Crippen molar-refractivity contribution in [2.75, 3.05) is 5.32 Å². The molecule has 0 radical (unpaired) electrons. The second-order valence-electron chi connectivity index (χ2n) is 5.72. The number of carbonyl (C=O) groups excluding carboxylic acids is 1. The fourth-order valence-electron chi connectivity index (χ4n) is 2.62. The van der Waals surface area contributed by atoms with Crippen molar-refractivity contribution < 1.29 is 9.32 Å². The average Bonchev–Trinajstić information content (AvgIpc) is 2.88. The fraction of sp³-hybridized carbons (Fsp3) is 0.571. The van der Waals surface area contributed by atoms with Gasteiger partial charge in [-0.15, -0.1) is 0 Å². The number of aryl methyl sites for hydroxylation is 3. The second kappa shape index (κ2) is 4.98. The number of rotatable bonds is 5. The van der Waals surface area contributed by atoms with E-state index in [1.165, 1.54) is 5.69 Å². The maximum absolute atomic E-state index is 11.9. The minimum atomic E-state index is -0.0713. The topological polar surface area (TPSA) is 85.8 Å².